The van der Waals surface area contributed by atoms with Crippen LogP contribution in [-0.2, 0) is 0 Å². The summed E-state index contributed by atoms with van der Waals surface area (Å²) in [5.74, 6) is 0. The normalized spacial score (nSPS) is 13.7. The van der Waals surface area contributed by atoms with Crippen molar-refractivity contribution >= 4 is 24.2 Å². The van der Waals surface area contributed by atoms with E-state index in [1.807, 2.05) is 0 Å². The van der Waals surface area contributed by atoms with Crippen molar-refractivity contribution in [1.82, 2.24) is 0 Å². The SMILES string of the molecule is C[Si](C)(C)[N+]([I-]Cl)=P(C)(C)C. The first-order chi connectivity index (χ1) is 4.69. The van der Waals surface area contributed by atoms with Crippen LogP contribution in [0.25, 0.3) is 0 Å². The first-order valence-electron chi connectivity index (χ1n) is 3.58. The van der Waals surface area contributed by atoms with Crippen molar-refractivity contribution in [1.29, 1.82) is 0 Å². The molecule has 0 radical (unpaired) electrons. The van der Waals surface area contributed by atoms with Crippen molar-refractivity contribution in [2.75, 3.05) is 20.0 Å². The molecule has 0 aromatic rings. The van der Waals surface area contributed by atoms with Gasteiger partial charge in [-0.3, -0.25) is 0 Å². The fourth-order valence-electron chi connectivity index (χ4n) is 1.08. The molecule has 0 saturated heterocycles. The third kappa shape index (κ3) is 4.30. The summed E-state index contributed by atoms with van der Waals surface area (Å²) < 4.78 is 2.63. The van der Waals surface area contributed by atoms with Gasteiger partial charge >= 0.3 is 86.4 Å². The fourth-order valence-corrected chi connectivity index (χ4v) is 19.1. The minimum atomic E-state index is -1.12. The van der Waals surface area contributed by atoms with Gasteiger partial charge in [0.1, 0.15) is 0 Å². The molecule has 0 N–H and O–H groups in total. The van der Waals surface area contributed by atoms with Gasteiger partial charge in [-0.2, -0.15) is 0 Å². The van der Waals surface area contributed by atoms with Gasteiger partial charge in [-0.1, -0.05) is 0 Å². The van der Waals surface area contributed by atoms with Crippen LogP contribution in [0.1, 0.15) is 0 Å². The van der Waals surface area contributed by atoms with Crippen LogP contribution in [0.15, 0.2) is 0 Å². The molecule has 0 aliphatic heterocycles. The third-order valence-corrected chi connectivity index (χ3v) is 18.7. The number of nitrogens with zero attached hydrogens (tertiary/aromatic N) is 1. The molecule has 5 heteroatoms. The Labute approximate surface area is 86.0 Å². The first-order valence-corrected chi connectivity index (χ1v) is 13.8. The van der Waals surface area contributed by atoms with Gasteiger partial charge in [0.25, 0.3) is 0 Å². The Bertz CT molecular complexity index is 185. The fraction of sp³-hybridized carbons (Fsp3) is 1.00. The van der Waals surface area contributed by atoms with Crippen molar-refractivity contribution in [2.24, 2.45) is 0 Å². The van der Waals surface area contributed by atoms with Crippen LogP contribution in [0, 0.1) is 0 Å². The van der Waals surface area contributed by atoms with E-state index < -0.39 is 15.3 Å². The molecule has 0 aliphatic carbocycles. The maximum absolute atomic E-state index is 6.04. The number of hydrogen-bond donors (Lipinski definition) is 0. The summed E-state index contributed by atoms with van der Waals surface area (Å²) in [5, 5.41) is 0. The number of hydrogen-bond acceptors (Lipinski definition) is 0. The van der Waals surface area contributed by atoms with Crippen molar-refractivity contribution in [3.8, 4) is 0 Å². The summed E-state index contributed by atoms with van der Waals surface area (Å²) >= 11 is -0.221. The topological polar surface area (TPSA) is 3.01 Å². The molecule has 0 aliphatic rings. The van der Waals surface area contributed by atoms with Crippen molar-refractivity contribution in [3.05, 3.63) is 0 Å². The van der Waals surface area contributed by atoms with Crippen LogP contribution in [0.4, 0.5) is 0 Å². The van der Waals surface area contributed by atoms with Gasteiger partial charge in [0.2, 0.25) is 0 Å². The zero-order chi connectivity index (χ0) is 9.28. The summed E-state index contributed by atoms with van der Waals surface area (Å²) in [6.07, 6.45) is 0. The predicted molar refractivity (Wildman–Crippen MR) is 54.2 cm³/mol. The van der Waals surface area contributed by atoms with Crippen molar-refractivity contribution in [3.63, 3.8) is 0 Å². The van der Waals surface area contributed by atoms with E-state index in [2.05, 4.69) is 41.8 Å². The molecular weight excluding hydrogens is 307 g/mol. The Morgan fingerprint density at radius 2 is 1.55 bits per heavy atom. The van der Waals surface area contributed by atoms with Crippen LogP contribution >= 0.6 is 16.0 Å². The molecule has 0 rings (SSSR count). The molecule has 0 unspecified atom stereocenters. The summed E-state index contributed by atoms with van der Waals surface area (Å²) in [4.78, 5) is 0. The van der Waals surface area contributed by atoms with Gasteiger partial charge in [0.15, 0.2) is 0 Å². The van der Waals surface area contributed by atoms with E-state index in [9.17, 15) is 0 Å². The van der Waals surface area contributed by atoms with Gasteiger partial charge < -0.3 is 0 Å². The van der Waals surface area contributed by atoms with Crippen LogP contribution < -0.4 is 20.4 Å². The second-order valence-electron chi connectivity index (χ2n) is 4.44. The molecule has 0 aromatic heterocycles. The van der Waals surface area contributed by atoms with Gasteiger partial charge in [0.05, 0.1) is 0 Å². The van der Waals surface area contributed by atoms with Gasteiger partial charge in [-0.25, -0.2) is 0 Å². The van der Waals surface area contributed by atoms with Crippen LogP contribution in [0.2, 0.25) is 19.6 Å². The first kappa shape index (κ1) is 12.5. The number of halogens is 2. The zero-order valence-electron chi connectivity index (χ0n) is 8.15. The second kappa shape index (κ2) is 4.12. The molecule has 0 fully saturated rings. The standard InChI is InChI=1S/C6H18ClINPSi/c1-10(2,3)9(8-7)11(4,5)6/h1-6H3. The summed E-state index contributed by atoms with van der Waals surface area (Å²) in [7, 11) is 4.08. The molecule has 70 valence electrons. The second-order valence-corrected chi connectivity index (χ2v) is 17.7. The van der Waals surface area contributed by atoms with Gasteiger partial charge in [-0.05, 0) is 0 Å². The van der Waals surface area contributed by atoms with Gasteiger partial charge in [-0.15, -0.1) is 0 Å². The molecule has 0 aromatic carbocycles. The molecule has 0 heterocycles. The summed E-state index contributed by atoms with van der Waals surface area (Å²) in [6.45, 7) is 14.2. The van der Waals surface area contributed by atoms with Crippen molar-refractivity contribution < 1.29 is 22.6 Å². The number of rotatable bonds is 2. The van der Waals surface area contributed by atoms with Crippen LogP contribution in [0.3, 0.4) is 0 Å². The summed E-state index contributed by atoms with van der Waals surface area (Å²) in [5.41, 5.74) is 0. The quantitative estimate of drug-likeness (QED) is 0.293. The molecule has 1 nitrogen and oxygen atoms in total. The van der Waals surface area contributed by atoms with Gasteiger partial charge in [0, 0.05) is 0 Å². The Hall–Kier alpha value is 1.47. The Balaban J connectivity index is 5.00. The van der Waals surface area contributed by atoms with E-state index in [-0.39, 0.29) is 20.4 Å². The molecule has 0 bridgehead atoms. The average Bonchev–Trinajstić information content (AvgIpc) is 1.56. The molecule has 0 spiro atoms. The molecule has 0 amide bonds. The Morgan fingerprint density at radius 3 is 1.55 bits per heavy atom. The molecule has 0 atom stereocenters. The van der Waals surface area contributed by atoms with Crippen LogP contribution in [-0.4, -0.2) is 30.4 Å². The van der Waals surface area contributed by atoms with E-state index >= 15 is 0 Å². The average molecular weight is 326 g/mol. The maximum atomic E-state index is 6.04. The van der Waals surface area contributed by atoms with E-state index in [4.69, 9.17) is 8.91 Å². The molecular formula is C6H18ClINPSi. The van der Waals surface area contributed by atoms with E-state index in [1.54, 1.807) is 0 Å². The van der Waals surface area contributed by atoms with E-state index in [0.29, 0.717) is 0 Å². The third-order valence-electron chi connectivity index (χ3n) is 1.14. The van der Waals surface area contributed by atoms with E-state index in [0.717, 1.165) is 0 Å². The van der Waals surface area contributed by atoms with Crippen molar-refractivity contribution in [2.45, 2.75) is 19.6 Å². The minimum absolute atomic E-state index is 0.221. The molecule has 0 saturated carbocycles. The van der Waals surface area contributed by atoms with Crippen LogP contribution in [0.5, 0.6) is 0 Å². The van der Waals surface area contributed by atoms with E-state index in [1.165, 1.54) is 0 Å². The Kier molecular flexibility index (Phi) is 4.67. The predicted octanol–water partition coefficient (Wildman–Crippen LogP) is 0.0822. The zero-order valence-corrected chi connectivity index (χ0v) is 13.0. The summed E-state index contributed by atoms with van der Waals surface area (Å²) in [6, 6.07) is 0. The Morgan fingerprint density at radius 1 is 1.18 bits per heavy atom. The monoisotopic (exact) mass is 325 g/mol. The molecule has 11 heavy (non-hydrogen) atoms.